The van der Waals surface area contributed by atoms with E-state index in [0.717, 1.165) is 11.8 Å². The zero-order chi connectivity index (χ0) is 100. The molecule has 0 unspecified atom stereocenters. The number of aliphatic carboxylic acids is 1. The number of phenols is 2. The molecule has 16 amide bonds. The Morgan fingerprint density at radius 1 is 0.459 bits per heavy atom. The average molecular weight is 1920 g/mol. The van der Waals surface area contributed by atoms with Crippen LogP contribution in [0.15, 0.2) is 53.5 Å². The van der Waals surface area contributed by atoms with Crippen LogP contribution in [0.1, 0.15) is 149 Å². The van der Waals surface area contributed by atoms with Crippen LogP contribution in [0.25, 0.3) is 0 Å². The number of thiol groups is 2. The smallest absolute Gasteiger partial charge is 0.326 e. The van der Waals surface area contributed by atoms with Gasteiger partial charge in [-0.2, -0.15) is 25.3 Å². The second-order valence-corrected chi connectivity index (χ2v) is 35.0. The second kappa shape index (κ2) is 58.6. The molecule has 1 aliphatic heterocycles. The highest BCUT2D eigenvalue weighted by atomic mass is 32.1. The van der Waals surface area contributed by atoms with Gasteiger partial charge in [0.2, 0.25) is 94.5 Å². The van der Waals surface area contributed by atoms with Crippen LogP contribution in [0, 0.1) is 11.8 Å². The fraction of sp³-hybridized carbons (Fsp3) is 0.639. The third-order valence-corrected chi connectivity index (χ3v) is 22.3. The van der Waals surface area contributed by atoms with Crippen molar-refractivity contribution in [2.24, 2.45) is 74.2 Å². The number of rotatable bonds is 61. The number of carbonyl (C=O) groups excluding carboxylic acids is 16. The topological polar surface area (TPSA) is 836 Å². The monoisotopic (exact) mass is 1920 g/mol. The fourth-order valence-electron chi connectivity index (χ4n) is 13.8. The van der Waals surface area contributed by atoms with Gasteiger partial charge < -0.3 is 162 Å². The van der Waals surface area contributed by atoms with E-state index in [9.17, 15) is 107 Å². The van der Waals surface area contributed by atoms with Gasteiger partial charge in [-0.25, -0.2) is 4.79 Å². The number of aliphatic hydroxyl groups is 2. The number of primary amides is 1. The van der Waals surface area contributed by atoms with E-state index < -0.39 is 239 Å². The predicted molar refractivity (Wildman–Crippen MR) is 495 cm³/mol. The quantitative estimate of drug-likeness (QED) is 0.0127. The number of nitrogens with two attached hydrogens (primary N) is 10. The molecule has 1 heterocycles. The largest absolute Gasteiger partial charge is 0.508 e. The van der Waals surface area contributed by atoms with Gasteiger partial charge in [0.25, 0.3) is 0 Å². The van der Waals surface area contributed by atoms with Gasteiger partial charge in [0.15, 0.2) is 5.96 Å². The molecule has 0 aromatic heterocycles. The van der Waals surface area contributed by atoms with E-state index in [2.05, 4.69) is 105 Å². The number of benzene rings is 2. The molecule has 1 saturated heterocycles. The van der Waals surface area contributed by atoms with E-state index >= 15 is 0 Å². The molecule has 3 rings (SSSR count). The van der Waals surface area contributed by atoms with Gasteiger partial charge >= 0.3 is 5.97 Å². The molecule has 0 bridgehead atoms. The van der Waals surface area contributed by atoms with Crippen LogP contribution in [-0.2, 0) is 94.3 Å². The number of carboxylic acids is 1. The number of aromatic hydroxyl groups is 2. The summed E-state index contributed by atoms with van der Waals surface area (Å²) in [6.45, 7) is 9.40. The number of carboxylic acid groups (broad SMARTS) is 1. The molecule has 1 aliphatic rings. The van der Waals surface area contributed by atoms with Crippen LogP contribution < -0.4 is 132 Å². The zero-order valence-corrected chi connectivity index (χ0v) is 77.9. The number of guanidine groups is 1. The number of β-amino-alcohol motifs (C(OH)–C–C–N with tert-alkyl or cyclic N) is 1. The number of carbonyl (C=O) groups is 17. The number of nitrogens with one attached hydrogen (secondary N) is 14. The minimum atomic E-state index is -1.99. The summed E-state index contributed by atoms with van der Waals surface area (Å²) in [5.74, 6) is -19.7. The van der Waals surface area contributed by atoms with Gasteiger partial charge in [0.05, 0.1) is 24.7 Å². The minimum absolute atomic E-state index is 0.0609. The summed E-state index contributed by atoms with van der Waals surface area (Å²) in [4.78, 5) is 244. The Labute approximate surface area is 782 Å². The van der Waals surface area contributed by atoms with Crippen molar-refractivity contribution in [2.75, 3.05) is 58.1 Å². The Hall–Kier alpha value is -11.4. The molecule has 0 saturated carbocycles. The number of likely N-dealkylation sites (tertiary alicyclic amines) is 1. The minimum Gasteiger partial charge on any atom is -0.508 e. The van der Waals surface area contributed by atoms with E-state index in [0.29, 0.717) is 24.0 Å². The molecular formula is C83H140N26O22S2. The molecule has 50 heteroatoms. The lowest BCUT2D eigenvalue weighted by atomic mass is 9.96. The first kappa shape index (κ1) is 116. The van der Waals surface area contributed by atoms with Crippen molar-refractivity contribution in [3.63, 3.8) is 0 Å². The van der Waals surface area contributed by atoms with Crippen molar-refractivity contribution in [1.29, 1.82) is 0 Å². The Bertz CT molecular complexity index is 4230. The summed E-state index contributed by atoms with van der Waals surface area (Å²) in [5, 5.41) is 86.5. The molecule has 39 N–H and O–H groups in total. The highest BCUT2D eigenvalue weighted by Crippen LogP contribution is 2.24. The maximum Gasteiger partial charge on any atom is 0.326 e. The summed E-state index contributed by atoms with van der Waals surface area (Å²) in [7, 11) is 0. The van der Waals surface area contributed by atoms with Crippen LogP contribution in [-0.4, -0.2) is 309 Å². The normalized spacial score (nSPS) is 16.9. The van der Waals surface area contributed by atoms with Crippen LogP contribution in [0.5, 0.6) is 11.5 Å². The molecule has 0 spiro atoms. The van der Waals surface area contributed by atoms with Crippen LogP contribution >= 0.6 is 25.3 Å². The number of amides is 16. The van der Waals surface area contributed by atoms with Gasteiger partial charge in [-0.3, -0.25) is 81.7 Å². The number of hydrogen-bond acceptors (Lipinski definition) is 31. The molecule has 133 heavy (non-hydrogen) atoms. The summed E-state index contributed by atoms with van der Waals surface area (Å²) < 4.78 is -1.61. The molecule has 1 fully saturated rings. The van der Waals surface area contributed by atoms with Crippen LogP contribution in [0.3, 0.4) is 0 Å². The molecule has 2 aromatic carbocycles. The maximum absolute atomic E-state index is 14.9. The Balaban J connectivity index is 1.92. The lowest BCUT2D eigenvalue weighted by molar-refractivity contribution is -0.142. The van der Waals surface area contributed by atoms with Gasteiger partial charge in [-0.15, -0.1) is 0 Å². The summed E-state index contributed by atoms with van der Waals surface area (Å²) in [5.41, 5.74) is 59.0. The first-order chi connectivity index (χ1) is 62.6. The number of aliphatic imine (C=N–C) groups is 1. The van der Waals surface area contributed by atoms with Gasteiger partial charge in [-0.05, 0) is 178 Å². The van der Waals surface area contributed by atoms with Crippen molar-refractivity contribution in [3.05, 3.63) is 59.7 Å². The average Bonchev–Trinajstić information content (AvgIpc) is 1.52. The summed E-state index contributed by atoms with van der Waals surface area (Å²) in [6.07, 6.45) is -5.46. The Morgan fingerprint density at radius 3 is 1.21 bits per heavy atom. The van der Waals surface area contributed by atoms with Gasteiger partial charge in [-0.1, -0.05) is 58.4 Å². The maximum atomic E-state index is 14.9. The third-order valence-electron chi connectivity index (χ3n) is 21.7. The van der Waals surface area contributed by atoms with E-state index in [4.69, 9.17) is 57.3 Å². The Kier molecular flexibility index (Phi) is 51.0. The van der Waals surface area contributed by atoms with Gasteiger partial charge in [0.1, 0.15) is 102 Å². The fourth-order valence-corrected chi connectivity index (χ4v) is 14.2. The van der Waals surface area contributed by atoms with Crippen molar-refractivity contribution < 1.29 is 107 Å². The number of aliphatic hydroxyl groups excluding tert-OH is 2. The molecule has 0 aliphatic carbocycles. The predicted octanol–water partition coefficient (Wildman–Crippen LogP) is -10.0. The standard InChI is InChI=1S/C83H140N26O22S2/c1-8-42(4)63(106-76(125)60-37-48(113)39-109(60)80(129)62(91)41(2)3)77(126)100-54(26-32-88)71(120)102-56(35-44-16-20-46(111)21-17-44)74(123)108-65(83(6,7)133)79(128)103-57(38-61(90)114)73(122)97-51(15-12-34-94-82(92)93)66(115)98-55(27-33-89)72(121)107-64(43(5)110)78(127)101-53(25-31-87)70(119)95-49(13-9-10-28-84)68(117)105-59(40-132)75(124)99-52(24-30-86)69(118)96-50(14-11-29-85)67(116)104-58(81(130)131)36-45-18-22-47(112)23-19-45/h16-23,41-43,48-60,62-65,110-113,132-133H,8-15,24-40,84-89,91H2,1-7H3,(H2,90,114)(H,95,119)(H,96,118)(H,97,122)(H,98,115)(H,99,124)(H,100,126)(H,101,127)(H,102,120)(H,103,128)(H,104,116)(H,105,117)(H,106,125)(H,107,121)(H,108,123)(H,130,131)(H4,92,93,94)/t42-,43+,48+,49-,50-,51-,52-,53+,54-,55-,56-,57-,58-,59-,60-,62-,63-,64-,65+/m0/s1. The SMILES string of the molecule is CC[C@H](C)[C@H](NC(=O)[C@@H]1C[C@@H](O)CN1C(=O)[C@@H](N)C(C)C)C(=O)N[C@@H](CCN)C(=O)N[C@@H](Cc1ccc(O)cc1)C(=O)N[C@H](C(=O)N[C@@H](CC(N)=O)C(=O)N[C@@H](CCCN=C(N)N)C(=O)N[C@@H](CCN)C(=O)N[C@H](C(=O)N[C@H](CCN)C(=O)N[C@@H](CCCCN)C(=O)N[C@@H](CS)C(=O)N[C@@H](CCN)C(=O)N[C@@H](CCCN)C(=O)N[C@@H](Cc1ccc(O)cc1)C(=O)O)[C@@H](C)O)C(C)(C)S. The molecular weight excluding hydrogens is 1780 g/mol. The van der Waals surface area contributed by atoms with Crippen LogP contribution in [0.2, 0.25) is 0 Å². The Morgan fingerprint density at radius 2 is 0.820 bits per heavy atom. The first-order valence-electron chi connectivity index (χ1n) is 44.0. The number of phenolic OH excluding ortho intramolecular Hbond substituents is 2. The molecule has 19 atom stereocenters. The van der Waals surface area contributed by atoms with E-state index in [1.807, 2.05) is 0 Å². The number of hydrogen-bond donors (Lipinski definition) is 31. The first-order valence-corrected chi connectivity index (χ1v) is 45.1. The second-order valence-electron chi connectivity index (χ2n) is 33.4. The van der Waals surface area contributed by atoms with Crippen LogP contribution in [0.4, 0.5) is 0 Å². The number of unbranched alkanes of at least 4 members (excludes halogenated alkanes) is 1. The molecule has 48 nitrogen and oxygen atoms in total. The lowest BCUT2D eigenvalue weighted by Crippen LogP contribution is -2.64. The lowest BCUT2D eigenvalue weighted by Gasteiger charge is -2.33. The molecule has 2 aromatic rings. The van der Waals surface area contributed by atoms with Crippen molar-refractivity contribution in [1.82, 2.24) is 79.3 Å². The van der Waals surface area contributed by atoms with E-state index in [1.165, 1.54) is 62.4 Å². The van der Waals surface area contributed by atoms with Crippen molar-refractivity contribution >= 4 is 132 Å². The van der Waals surface area contributed by atoms with E-state index in [1.54, 1.807) is 27.7 Å². The third kappa shape index (κ3) is 39.8. The summed E-state index contributed by atoms with van der Waals surface area (Å²) in [6, 6.07) is -13.9. The van der Waals surface area contributed by atoms with Crippen molar-refractivity contribution in [3.8, 4) is 11.5 Å². The van der Waals surface area contributed by atoms with E-state index in [-0.39, 0.29) is 153 Å². The molecule has 0 radical (unpaired) electrons. The van der Waals surface area contributed by atoms with Crippen molar-refractivity contribution in [2.45, 2.75) is 265 Å². The van der Waals surface area contributed by atoms with Gasteiger partial charge in [0, 0.05) is 42.9 Å². The number of nitrogens with zero attached hydrogens (tertiary/aromatic N) is 2. The zero-order valence-electron chi connectivity index (χ0n) is 76.1. The summed E-state index contributed by atoms with van der Waals surface area (Å²) >= 11 is 8.88. The molecule has 746 valence electrons. The highest BCUT2D eigenvalue weighted by molar-refractivity contribution is 7.81. The highest BCUT2D eigenvalue weighted by Gasteiger charge is 2.45.